The third kappa shape index (κ3) is 1.91. The lowest BCUT2D eigenvalue weighted by atomic mass is 10.0. The number of Topliss-reactive ketones (excluding diaryl/α,β-unsaturated/α-hetero) is 1. The van der Waals surface area contributed by atoms with E-state index in [1.165, 1.54) is 29.9 Å². The van der Waals surface area contributed by atoms with Crippen molar-refractivity contribution in [3.63, 3.8) is 0 Å². The van der Waals surface area contributed by atoms with Crippen LogP contribution in [0.3, 0.4) is 0 Å². The van der Waals surface area contributed by atoms with Gasteiger partial charge in [-0.25, -0.2) is 0 Å². The molecule has 17 heavy (non-hydrogen) atoms. The lowest BCUT2D eigenvalue weighted by molar-refractivity contribution is 0.102. The predicted octanol–water partition coefficient (Wildman–Crippen LogP) is 3.89. The van der Waals surface area contributed by atoms with E-state index in [1.54, 1.807) is 6.92 Å². The maximum atomic E-state index is 11.6. The minimum absolute atomic E-state index is 0.145. The van der Waals surface area contributed by atoms with Gasteiger partial charge in [0.25, 0.3) is 0 Å². The van der Waals surface area contributed by atoms with Crippen LogP contribution in [0.1, 0.15) is 40.9 Å². The van der Waals surface area contributed by atoms with Crippen molar-refractivity contribution in [2.45, 2.75) is 25.7 Å². The van der Waals surface area contributed by atoms with Gasteiger partial charge in [0, 0.05) is 18.1 Å². The summed E-state index contributed by atoms with van der Waals surface area (Å²) in [7, 11) is 0. The van der Waals surface area contributed by atoms with Crippen molar-refractivity contribution in [1.29, 1.82) is 0 Å². The first kappa shape index (κ1) is 10.7. The van der Waals surface area contributed by atoms with Crippen LogP contribution < -0.4 is 0 Å². The highest BCUT2D eigenvalue weighted by Crippen LogP contribution is 2.47. The van der Waals surface area contributed by atoms with Gasteiger partial charge in [-0.3, -0.25) is 4.79 Å². The first-order valence-corrected chi connectivity index (χ1v) is 6.60. The van der Waals surface area contributed by atoms with Crippen LogP contribution in [-0.4, -0.2) is 10.2 Å². The molecule has 1 aromatic heterocycles. The van der Waals surface area contributed by atoms with Gasteiger partial charge < -0.3 is 0 Å². The molecule has 1 fully saturated rings. The molecular weight excluding hydrogens is 230 g/mol. The molecule has 2 aromatic rings. The second-order valence-electron chi connectivity index (χ2n) is 4.47. The zero-order valence-electron chi connectivity index (χ0n) is 9.64. The number of ketones is 1. The van der Waals surface area contributed by atoms with Gasteiger partial charge >= 0.3 is 0 Å². The highest BCUT2D eigenvalue weighted by molar-refractivity contribution is 7.08. The Hall–Kier alpha value is -1.48. The Kier molecular flexibility index (Phi) is 2.56. The van der Waals surface area contributed by atoms with Gasteiger partial charge in [0.15, 0.2) is 5.78 Å². The van der Waals surface area contributed by atoms with Crippen molar-refractivity contribution in [2.75, 3.05) is 0 Å². The molecule has 0 saturated heterocycles. The van der Waals surface area contributed by atoms with Crippen LogP contribution in [-0.2, 0) is 0 Å². The minimum Gasteiger partial charge on any atom is -0.294 e. The molecule has 0 spiro atoms. The molecule has 1 aliphatic rings. The van der Waals surface area contributed by atoms with Gasteiger partial charge in [0.1, 0.15) is 0 Å². The third-order valence-electron chi connectivity index (χ3n) is 3.08. The molecule has 86 valence electrons. The summed E-state index contributed by atoms with van der Waals surface area (Å²) in [5.41, 5.74) is 3.33. The van der Waals surface area contributed by atoms with Gasteiger partial charge in [-0.15, -0.1) is 0 Å². The quantitative estimate of drug-likeness (QED) is 0.765. The topological polar surface area (TPSA) is 30.0 Å². The maximum Gasteiger partial charge on any atom is 0.171 e. The van der Waals surface area contributed by atoms with E-state index in [-0.39, 0.29) is 5.78 Å². The van der Waals surface area contributed by atoms with E-state index in [0.29, 0.717) is 5.92 Å². The Bertz CT molecular complexity index is 555. The first-order valence-electron chi connectivity index (χ1n) is 5.83. The first-order chi connectivity index (χ1) is 8.27. The summed E-state index contributed by atoms with van der Waals surface area (Å²) in [6.45, 7) is 1.63. The lowest BCUT2D eigenvalue weighted by Gasteiger charge is -2.02. The number of hydrogen-bond donors (Lipinski definition) is 0. The summed E-state index contributed by atoms with van der Waals surface area (Å²) >= 11 is 1.35. The highest BCUT2D eigenvalue weighted by Gasteiger charge is 2.32. The van der Waals surface area contributed by atoms with Gasteiger partial charge in [-0.1, -0.05) is 30.3 Å². The summed E-state index contributed by atoms with van der Waals surface area (Å²) in [4.78, 5) is 12.5. The molecule has 3 heteroatoms. The van der Waals surface area contributed by atoms with Gasteiger partial charge in [-0.2, -0.15) is 4.37 Å². The molecule has 1 aliphatic carbocycles. The molecule has 2 nitrogen and oxygen atoms in total. The molecule has 0 N–H and O–H groups in total. The average Bonchev–Trinajstić information content (AvgIpc) is 3.08. The van der Waals surface area contributed by atoms with E-state index in [9.17, 15) is 4.79 Å². The van der Waals surface area contributed by atoms with Crippen molar-refractivity contribution in [1.82, 2.24) is 4.37 Å². The molecule has 3 rings (SSSR count). The molecule has 0 bridgehead atoms. The summed E-state index contributed by atoms with van der Waals surface area (Å²) in [5.74, 6) is 0.703. The zero-order chi connectivity index (χ0) is 11.8. The highest BCUT2D eigenvalue weighted by atomic mass is 32.1. The molecule has 0 atom stereocenters. The fourth-order valence-electron chi connectivity index (χ4n) is 2.11. The van der Waals surface area contributed by atoms with E-state index >= 15 is 0 Å². The summed E-state index contributed by atoms with van der Waals surface area (Å²) in [6, 6.07) is 10.1. The minimum atomic E-state index is 0.145. The van der Waals surface area contributed by atoms with Gasteiger partial charge in [0.2, 0.25) is 0 Å². The smallest absolute Gasteiger partial charge is 0.171 e. The number of hydrogen-bond acceptors (Lipinski definition) is 3. The Labute approximate surface area is 104 Å². The van der Waals surface area contributed by atoms with E-state index in [2.05, 4.69) is 16.5 Å². The molecule has 1 aromatic carbocycles. The number of rotatable bonds is 3. The fraction of sp³-hybridized carbons (Fsp3) is 0.286. The van der Waals surface area contributed by atoms with Crippen molar-refractivity contribution in [3.8, 4) is 11.3 Å². The number of carbonyl (C=O) groups excluding carboxylic acids is 1. The molecule has 1 heterocycles. The largest absolute Gasteiger partial charge is 0.294 e. The normalized spacial score (nSPS) is 14.9. The van der Waals surface area contributed by atoms with Crippen LogP contribution in [0.4, 0.5) is 0 Å². The van der Waals surface area contributed by atoms with E-state index in [4.69, 9.17) is 0 Å². The molecule has 1 saturated carbocycles. The Morgan fingerprint density at radius 2 is 2.00 bits per heavy atom. The lowest BCUT2D eigenvalue weighted by Crippen LogP contribution is -1.94. The number of benzene rings is 1. The van der Waals surface area contributed by atoms with Crippen molar-refractivity contribution < 1.29 is 4.79 Å². The number of nitrogens with zero attached hydrogens (tertiary/aromatic N) is 1. The zero-order valence-corrected chi connectivity index (χ0v) is 10.5. The van der Waals surface area contributed by atoms with Crippen LogP contribution in [0, 0.1) is 0 Å². The van der Waals surface area contributed by atoms with Crippen LogP contribution in [0.2, 0.25) is 0 Å². The van der Waals surface area contributed by atoms with Crippen LogP contribution in [0.5, 0.6) is 0 Å². The van der Waals surface area contributed by atoms with Crippen LogP contribution >= 0.6 is 11.5 Å². The molecular formula is C14H13NOS. The Balaban J connectivity index is 2.14. The number of aromatic nitrogens is 1. The Morgan fingerprint density at radius 1 is 1.29 bits per heavy atom. The van der Waals surface area contributed by atoms with E-state index < -0.39 is 0 Å². The molecule has 0 unspecified atom stereocenters. The van der Waals surface area contributed by atoms with Crippen molar-refractivity contribution in [2.24, 2.45) is 0 Å². The summed E-state index contributed by atoms with van der Waals surface area (Å²) in [6.07, 6.45) is 2.39. The van der Waals surface area contributed by atoms with Crippen LogP contribution in [0.25, 0.3) is 11.3 Å². The monoisotopic (exact) mass is 243 g/mol. The molecule has 0 aliphatic heterocycles. The Morgan fingerprint density at radius 3 is 2.59 bits per heavy atom. The van der Waals surface area contributed by atoms with Gasteiger partial charge in [-0.05, 0) is 30.3 Å². The second-order valence-corrected chi connectivity index (χ2v) is 5.24. The van der Waals surface area contributed by atoms with E-state index in [0.717, 1.165) is 16.1 Å². The van der Waals surface area contributed by atoms with Gasteiger partial charge in [0.05, 0.1) is 10.6 Å². The summed E-state index contributed by atoms with van der Waals surface area (Å²) < 4.78 is 4.49. The molecule has 0 radical (unpaired) electrons. The van der Waals surface area contributed by atoms with E-state index in [1.807, 2.05) is 18.2 Å². The van der Waals surface area contributed by atoms with Crippen molar-refractivity contribution in [3.05, 3.63) is 40.8 Å². The molecule has 0 amide bonds. The number of carbonyl (C=O) groups is 1. The van der Waals surface area contributed by atoms with Crippen molar-refractivity contribution >= 4 is 17.3 Å². The third-order valence-corrected chi connectivity index (χ3v) is 4.04. The second kappa shape index (κ2) is 4.08. The average molecular weight is 243 g/mol. The maximum absolute atomic E-state index is 11.6. The predicted molar refractivity (Wildman–Crippen MR) is 69.5 cm³/mol. The standard InChI is InChI=1S/C14H13NOS/c1-9(16)14-12(10-7-8-10)13(15-17-14)11-5-3-2-4-6-11/h2-6,10H,7-8H2,1H3. The fourth-order valence-corrected chi connectivity index (χ4v) is 2.98. The summed E-state index contributed by atoms with van der Waals surface area (Å²) in [5, 5.41) is 0. The SMILES string of the molecule is CC(=O)c1snc(-c2ccccc2)c1C1CC1. The van der Waals surface area contributed by atoms with Crippen LogP contribution in [0.15, 0.2) is 30.3 Å².